The van der Waals surface area contributed by atoms with Crippen molar-refractivity contribution in [2.24, 2.45) is 0 Å². The molecule has 0 aliphatic heterocycles. The molecule has 0 bridgehead atoms. The number of hydrogen-bond donors (Lipinski definition) is 1. The van der Waals surface area contributed by atoms with Crippen LogP contribution in [0.3, 0.4) is 0 Å². The summed E-state index contributed by atoms with van der Waals surface area (Å²) < 4.78 is 10.2. The monoisotopic (exact) mass is 381 g/mol. The van der Waals surface area contributed by atoms with E-state index in [1.165, 1.54) is 11.3 Å². The van der Waals surface area contributed by atoms with Crippen molar-refractivity contribution in [1.82, 2.24) is 0 Å². The van der Waals surface area contributed by atoms with E-state index >= 15 is 0 Å². The largest absolute Gasteiger partial charge is 0.497 e. The van der Waals surface area contributed by atoms with Crippen molar-refractivity contribution in [3.63, 3.8) is 0 Å². The summed E-state index contributed by atoms with van der Waals surface area (Å²) in [6, 6.07) is 18.2. The van der Waals surface area contributed by atoms with Gasteiger partial charge in [0, 0.05) is 10.4 Å². The molecule has 1 amide bonds. The van der Waals surface area contributed by atoms with Crippen LogP contribution >= 0.6 is 11.3 Å². The number of hydrogen-bond acceptors (Lipinski definition) is 5. The van der Waals surface area contributed by atoms with Crippen LogP contribution in [-0.4, -0.2) is 25.6 Å². The summed E-state index contributed by atoms with van der Waals surface area (Å²) in [7, 11) is 1.57. The molecule has 1 heterocycles. The van der Waals surface area contributed by atoms with Crippen molar-refractivity contribution < 1.29 is 19.1 Å². The zero-order valence-corrected chi connectivity index (χ0v) is 15.8. The highest BCUT2D eigenvalue weighted by molar-refractivity contribution is 7.18. The molecule has 0 fully saturated rings. The lowest BCUT2D eigenvalue weighted by Gasteiger charge is -2.07. The second kappa shape index (κ2) is 8.51. The quantitative estimate of drug-likeness (QED) is 0.620. The summed E-state index contributed by atoms with van der Waals surface area (Å²) >= 11 is 1.29. The Morgan fingerprint density at radius 2 is 1.74 bits per heavy atom. The van der Waals surface area contributed by atoms with E-state index in [0.29, 0.717) is 21.9 Å². The maximum atomic E-state index is 12.6. The van der Waals surface area contributed by atoms with Gasteiger partial charge in [0.05, 0.1) is 19.4 Å². The Labute approximate surface area is 161 Å². The van der Waals surface area contributed by atoms with E-state index in [1.54, 1.807) is 44.4 Å². The summed E-state index contributed by atoms with van der Waals surface area (Å²) in [4.78, 5) is 26.2. The number of amides is 1. The van der Waals surface area contributed by atoms with Crippen LogP contribution in [0.2, 0.25) is 0 Å². The van der Waals surface area contributed by atoms with E-state index in [4.69, 9.17) is 9.47 Å². The van der Waals surface area contributed by atoms with Crippen LogP contribution in [0, 0.1) is 0 Å². The van der Waals surface area contributed by atoms with E-state index in [2.05, 4.69) is 5.32 Å². The van der Waals surface area contributed by atoms with Crippen LogP contribution in [0.4, 0.5) is 5.69 Å². The van der Waals surface area contributed by atoms with Gasteiger partial charge in [0.2, 0.25) is 0 Å². The van der Waals surface area contributed by atoms with E-state index < -0.39 is 5.97 Å². The molecule has 0 saturated heterocycles. The van der Waals surface area contributed by atoms with Gasteiger partial charge < -0.3 is 14.8 Å². The van der Waals surface area contributed by atoms with E-state index in [1.807, 2.05) is 30.3 Å². The summed E-state index contributed by atoms with van der Waals surface area (Å²) in [5.74, 6) is -0.0871. The third-order valence-corrected chi connectivity index (χ3v) is 5.02. The van der Waals surface area contributed by atoms with Gasteiger partial charge in [-0.3, -0.25) is 4.79 Å². The first-order chi connectivity index (χ1) is 13.1. The molecule has 27 heavy (non-hydrogen) atoms. The first kappa shape index (κ1) is 18.7. The van der Waals surface area contributed by atoms with Crippen LogP contribution in [-0.2, 0) is 4.74 Å². The number of rotatable bonds is 6. The number of methoxy groups -OCH3 is 1. The van der Waals surface area contributed by atoms with Gasteiger partial charge in [0.25, 0.3) is 5.91 Å². The van der Waals surface area contributed by atoms with Crippen LogP contribution in [0.1, 0.15) is 27.0 Å². The van der Waals surface area contributed by atoms with Gasteiger partial charge in [0.15, 0.2) is 0 Å². The normalized spacial score (nSPS) is 10.3. The lowest BCUT2D eigenvalue weighted by molar-refractivity contribution is 0.0533. The number of carbonyl (C=O) groups excluding carboxylic acids is 2. The Bertz CT molecular complexity index is 933. The number of ether oxygens (including phenoxy) is 2. The number of carbonyl (C=O) groups is 2. The zero-order valence-electron chi connectivity index (χ0n) is 15.0. The van der Waals surface area contributed by atoms with Gasteiger partial charge in [-0.05, 0) is 42.8 Å². The van der Waals surface area contributed by atoms with E-state index in [-0.39, 0.29) is 12.5 Å². The first-order valence-electron chi connectivity index (χ1n) is 8.44. The fourth-order valence-electron chi connectivity index (χ4n) is 2.51. The Morgan fingerprint density at radius 1 is 1.04 bits per heavy atom. The smallest absolute Gasteiger partial charge is 0.350 e. The summed E-state index contributed by atoms with van der Waals surface area (Å²) in [5, 5.41) is 2.82. The first-order valence-corrected chi connectivity index (χ1v) is 9.25. The molecule has 6 heteroatoms. The molecule has 3 aromatic rings. The van der Waals surface area contributed by atoms with Crippen molar-refractivity contribution in [3.05, 3.63) is 71.1 Å². The number of anilines is 1. The number of benzene rings is 2. The van der Waals surface area contributed by atoms with Crippen LogP contribution in [0.15, 0.2) is 60.7 Å². The standard InChI is InChI=1S/C21H19NO4S/c1-3-26-21(24)19-17(13-18(27-19)14-7-5-4-6-8-14)22-20(23)15-9-11-16(25-2)12-10-15/h4-13H,3H2,1-2H3,(H,22,23). The topological polar surface area (TPSA) is 64.6 Å². The molecule has 0 atom stereocenters. The number of esters is 1. The third kappa shape index (κ3) is 4.35. The van der Waals surface area contributed by atoms with Crippen molar-refractivity contribution >= 4 is 28.9 Å². The molecule has 2 aromatic carbocycles. The van der Waals surface area contributed by atoms with Gasteiger partial charge in [0.1, 0.15) is 10.6 Å². The third-order valence-electron chi connectivity index (χ3n) is 3.85. The Balaban J connectivity index is 1.91. The van der Waals surface area contributed by atoms with Crippen molar-refractivity contribution in [2.75, 3.05) is 19.0 Å². The maximum Gasteiger partial charge on any atom is 0.350 e. The highest BCUT2D eigenvalue weighted by Gasteiger charge is 2.20. The fourth-order valence-corrected chi connectivity index (χ4v) is 3.53. The minimum atomic E-state index is -0.449. The number of thiophene rings is 1. The molecule has 0 unspecified atom stereocenters. The minimum absolute atomic E-state index is 0.267. The van der Waals surface area contributed by atoms with Crippen LogP contribution < -0.4 is 10.1 Å². The summed E-state index contributed by atoms with van der Waals surface area (Å²) in [6.07, 6.45) is 0. The van der Waals surface area contributed by atoms with E-state index in [9.17, 15) is 9.59 Å². The molecule has 0 spiro atoms. The predicted molar refractivity (Wildman–Crippen MR) is 107 cm³/mol. The second-order valence-corrected chi connectivity index (χ2v) is 6.67. The van der Waals surface area contributed by atoms with E-state index in [0.717, 1.165) is 10.4 Å². The Morgan fingerprint density at radius 3 is 2.37 bits per heavy atom. The SMILES string of the molecule is CCOC(=O)c1sc(-c2ccccc2)cc1NC(=O)c1ccc(OC)cc1. The molecule has 1 N–H and O–H groups in total. The summed E-state index contributed by atoms with van der Waals surface area (Å²) in [5.41, 5.74) is 1.88. The van der Waals surface area contributed by atoms with Crippen molar-refractivity contribution in [2.45, 2.75) is 6.92 Å². The zero-order chi connectivity index (χ0) is 19.2. The molecular weight excluding hydrogens is 362 g/mol. The molecule has 0 radical (unpaired) electrons. The molecular formula is C21H19NO4S. The van der Waals surface area contributed by atoms with Crippen LogP contribution in [0.25, 0.3) is 10.4 Å². The average Bonchev–Trinajstić information content (AvgIpc) is 3.13. The van der Waals surface area contributed by atoms with Gasteiger partial charge >= 0.3 is 5.97 Å². The minimum Gasteiger partial charge on any atom is -0.497 e. The lowest BCUT2D eigenvalue weighted by Crippen LogP contribution is -2.14. The molecule has 5 nitrogen and oxygen atoms in total. The van der Waals surface area contributed by atoms with Gasteiger partial charge in [-0.2, -0.15) is 0 Å². The van der Waals surface area contributed by atoms with Crippen LogP contribution in [0.5, 0.6) is 5.75 Å². The molecule has 138 valence electrons. The molecule has 1 aromatic heterocycles. The highest BCUT2D eigenvalue weighted by Crippen LogP contribution is 2.35. The molecule has 0 aliphatic rings. The summed E-state index contributed by atoms with van der Waals surface area (Å²) in [6.45, 7) is 2.02. The fraction of sp³-hybridized carbons (Fsp3) is 0.143. The lowest BCUT2D eigenvalue weighted by atomic mass is 10.1. The molecule has 0 saturated carbocycles. The maximum absolute atomic E-state index is 12.6. The average molecular weight is 381 g/mol. The van der Waals surface area contributed by atoms with Gasteiger partial charge in [-0.25, -0.2) is 4.79 Å². The van der Waals surface area contributed by atoms with Crippen molar-refractivity contribution in [1.29, 1.82) is 0 Å². The molecule has 0 aliphatic carbocycles. The Hall–Kier alpha value is -3.12. The highest BCUT2D eigenvalue weighted by atomic mass is 32.1. The number of nitrogens with one attached hydrogen (secondary N) is 1. The van der Waals surface area contributed by atoms with Crippen molar-refractivity contribution in [3.8, 4) is 16.2 Å². The second-order valence-electron chi connectivity index (χ2n) is 5.62. The van der Waals surface area contributed by atoms with Gasteiger partial charge in [-0.1, -0.05) is 30.3 Å². The predicted octanol–water partition coefficient (Wildman–Crippen LogP) is 4.85. The van der Waals surface area contributed by atoms with Gasteiger partial charge in [-0.15, -0.1) is 11.3 Å². The Kier molecular flexibility index (Phi) is 5.88. The molecule has 3 rings (SSSR count).